The molecular formula is C36H42FN5O6. The standard InChI is InChI=1S/C36H42FN5O6/c1-36(2,3)48-35(46)39-19-9-5-8-12-30(43)42-20-17-24(18-21-42)26-22-29(32(38)40-23-26)34(45)47-31(25-10-6-4-7-11-25)33(44)41-28-15-13-27(37)14-16-28/h4,6-7,10-11,13-17,22-23,31H,5,8-9,12,18-21H2,1-3H3,(H2,38,40)(H,39,46)(H,41,44)/t31-/m1/s1. The fraction of sp³-hybridized carbons (Fsp3) is 0.361. The second-order valence-corrected chi connectivity index (χ2v) is 12.4. The first kappa shape index (κ1) is 35.6. The molecule has 1 aliphatic heterocycles. The minimum absolute atomic E-state index is 0.00331. The lowest BCUT2D eigenvalue weighted by molar-refractivity contribution is -0.131. The Morgan fingerprint density at radius 2 is 1.75 bits per heavy atom. The number of rotatable bonds is 12. The largest absolute Gasteiger partial charge is 0.444 e. The number of nitrogens with one attached hydrogen (secondary N) is 2. The molecule has 0 unspecified atom stereocenters. The van der Waals surface area contributed by atoms with Gasteiger partial charge in [-0.3, -0.25) is 9.59 Å². The molecule has 4 N–H and O–H groups in total. The molecule has 0 spiro atoms. The molecule has 0 saturated heterocycles. The molecule has 1 aromatic heterocycles. The first-order chi connectivity index (χ1) is 22.9. The van der Waals surface area contributed by atoms with Crippen molar-refractivity contribution in [1.82, 2.24) is 15.2 Å². The fourth-order valence-electron chi connectivity index (χ4n) is 5.03. The summed E-state index contributed by atoms with van der Waals surface area (Å²) in [5.41, 5.74) is 7.88. The van der Waals surface area contributed by atoms with E-state index in [0.29, 0.717) is 55.7 Å². The third-order valence-electron chi connectivity index (χ3n) is 7.48. The van der Waals surface area contributed by atoms with Crippen LogP contribution in [0.25, 0.3) is 5.57 Å². The van der Waals surface area contributed by atoms with Gasteiger partial charge in [-0.25, -0.2) is 19.0 Å². The maximum absolute atomic E-state index is 13.4. The fourth-order valence-corrected chi connectivity index (χ4v) is 5.03. The summed E-state index contributed by atoms with van der Waals surface area (Å²) < 4.78 is 24.3. The van der Waals surface area contributed by atoms with Gasteiger partial charge in [0.15, 0.2) is 0 Å². The van der Waals surface area contributed by atoms with Gasteiger partial charge < -0.3 is 30.7 Å². The van der Waals surface area contributed by atoms with E-state index < -0.39 is 35.5 Å². The maximum Gasteiger partial charge on any atom is 0.407 e. The summed E-state index contributed by atoms with van der Waals surface area (Å²) in [5, 5.41) is 5.38. The molecule has 2 heterocycles. The molecule has 1 atom stereocenters. The molecule has 254 valence electrons. The van der Waals surface area contributed by atoms with Crippen LogP contribution in [-0.2, 0) is 19.1 Å². The number of unbranched alkanes of at least 4 members (excludes halogenated alkanes) is 2. The summed E-state index contributed by atoms with van der Waals surface area (Å²) in [6.45, 7) is 6.84. The number of halogens is 1. The molecule has 0 radical (unpaired) electrons. The van der Waals surface area contributed by atoms with E-state index in [0.717, 1.165) is 18.4 Å². The Balaban J connectivity index is 1.33. The molecule has 0 fully saturated rings. The van der Waals surface area contributed by atoms with Gasteiger partial charge in [0.25, 0.3) is 5.91 Å². The SMILES string of the molecule is CC(C)(C)OC(=O)NCCCCCC(=O)N1CC=C(c2cnc(N)c(C(=O)O[C@@H](C(=O)Nc3ccc(F)cc3)c3ccccc3)c2)CC1. The Labute approximate surface area is 279 Å². The van der Waals surface area contributed by atoms with E-state index in [-0.39, 0.29) is 17.3 Å². The van der Waals surface area contributed by atoms with Gasteiger partial charge in [0.05, 0.1) is 0 Å². The van der Waals surface area contributed by atoms with Gasteiger partial charge in [0.2, 0.25) is 12.0 Å². The number of hydrogen-bond donors (Lipinski definition) is 3. The predicted molar refractivity (Wildman–Crippen MR) is 180 cm³/mol. The van der Waals surface area contributed by atoms with Crippen molar-refractivity contribution in [3.63, 3.8) is 0 Å². The van der Waals surface area contributed by atoms with Crippen LogP contribution >= 0.6 is 0 Å². The highest BCUT2D eigenvalue weighted by Gasteiger charge is 2.28. The van der Waals surface area contributed by atoms with Crippen molar-refractivity contribution in [3.8, 4) is 0 Å². The van der Waals surface area contributed by atoms with Crippen molar-refractivity contribution in [2.45, 2.75) is 64.6 Å². The van der Waals surface area contributed by atoms with E-state index >= 15 is 0 Å². The van der Waals surface area contributed by atoms with E-state index in [1.165, 1.54) is 24.3 Å². The Morgan fingerprint density at radius 1 is 1.02 bits per heavy atom. The van der Waals surface area contributed by atoms with Gasteiger partial charge in [-0.1, -0.05) is 42.8 Å². The number of esters is 1. The first-order valence-electron chi connectivity index (χ1n) is 15.9. The summed E-state index contributed by atoms with van der Waals surface area (Å²) in [6.07, 6.45) is 4.95. The van der Waals surface area contributed by atoms with Crippen LogP contribution in [0.2, 0.25) is 0 Å². The lowest BCUT2D eigenvalue weighted by Crippen LogP contribution is -2.34. The Kier molecular flexibility index (Phi) is 12.3. The van der Waals surface area contributed by atoms with E-state index in [1.807, 2.05) is 26.8 Å². The number of aromatic nitrogens is 1. The highest BCUT2D eigenvalue weighted by Crippen LogP contribution is 2.27. The number of carbonyl (C=O) groups excluding carboxylic acids is 4. The van der Waals surface area contributed by atoms with Crippen LogP contribution in [0.3, 0.4) is 0 Å². The number of nitrogens with zero attached hydrogens (tertiary/aromatic N) is 2. The zero-order valence-electron chi connectivity index (χ0n) is 27.5. The van der Waals surface area contributed by atoms with Crippen LogP contribution in [0.5, 0.6) is 0 Å². The Hall–Kier alpha value is -5.26. The van der Waals surface area contributed by atoms with Crippen LogP contribution in [0.4, 0.5) is 20.7 Å². The highest BCUT2D eigenvalue weighted by atomic mass is 19.1. The molecule has 11 nitrogen and oxygen atoms in total. The molecule has 48 heavy (non-hydrogen) atoms. The maximum atomic E-state index is 13.4. The molecule has 3 aromatic rings. The lowest BCUT2D eigenvalue weighted by Gasteiger charge is -2.27. The van der Waals surface area contributed by atoms with E-state index in [4.69, 9.17) is 15.2 Å². The van der Waals surface area contributed by atoms with Gasteiger partial charge >= 0.3 is 12.1 Å². The number of nitrogens with two attached hydrogens (primary N) is 1. The molecule has 0 saturated carbocycles. The van der Waals surface area contributed by atoms with Crippen molar-refractivity contribution >= 4 is 41.0 Å². The summed E-state index contributed by atoms with van der Waals surface area (Å²) in [6, 6.07) is 15.3. The molecule has 3 amide bonds. The van der Waals surface area contributed by atoms with E-state index in [9.17, 15) is 23.6 Å². The summed E-state index contributed by atoms with van der Waals surface area (Å²) in [5.74, 6) is -1.91. The third kappa shape index (κ3) is 10.6. The molecule has 4 rings (SSSR count). The first-order valence-corrected chi connectivity index (χ1v) is 15.9. The smallest absolute Gasteiger partial charge is 0.407 e. The zero-order valence-corrected chi connectivity index (χ0v) is 27.5. The van der Waals surface area contributed by atoms with Crippen molar-refractivity contribution < 1.29 is 33.0 Å². The Bertz CT molecular complexity index is 1620. The van der Waals surface area contributed by atoms with Crippen LogP contribution in [0, 0.1) is 5.82 Å². The number of ether oxygens (including phenoxy) is 2. The van der Waals surface area contributed by atoms with Crippen LogP contribution in [-0.4, -0.2) is 59.0 Å². The van der Waals surface area contributed by atoms with Gasteiger partial charge in [0.1, 0.15) is 22.8 Å². The average Bonchev–Trinajstić information content (AvgIpc) is 3.06. The number of carbonyl (C=O) groups is 4. The third-order valence-corrected chi connectivity index (χ3v) is 7.48. The molecule has 12 heteroatoms. The normalized spacial score (nSPS) is 13.6. The van der Waals surface area contributed by atoms with E-state index in [2.05, 4.69) is 15.6 Å². The van der Waals surface area contributed by atoms with Crippen molar-refractivity contribution in [3.05, 3.63) is 95.4 Å². The molecule has 0 aliphatic carbocycles. The molecule has 1 aliphatic rings. The van der Waals surface area contributed by atoms with Crippen LogP contribution in [0.15, 0.2) is 72.9 Å². The van der Waals surface area contributed by atoms with Crippen molar-refractivity contribution in [2.75, 3.05) is 30.7 Å². The number of pyridine rings is 1. The number of hydrogen-bond acceptors (Lipinski definition) is 8. The summed E-state index contributed by atoms with van der Waals surface area (Å²) in [4.78, 5) is 57.2. The van der Waals surface area contributed by atoms with Gasteiger partial charge in [-0.15, -0.1) is 0 Å². The summed E-state index contributed by atoms with van der Waals surface area (Å²) in [7, 11) is 0. The number of anilines is 2. The van der Waals surface area contributed by atoms with Gasteiger partial charge in [0, 0.05) is 43.5 Å². The monoisotopic (exact) mass is 659 g/mol. The molecular weight excluding hydrogens is 617 g/mol. The van der Waals surface area contributed by atoms with Crippen LogP contribution < -0.4 is 16.4 Å². The van der Waals surface area contributed by atoms with E-state index in [1.54, 1.807) is 47.5 Å². The lowest BCUT2D eigenvalue weighted by atomic mass is 9.99. The number of alkyl carbamates (subject to hydrolysis) is 1. The quantitative estimate of drug-likeness (QED) is 0.157. The number of benzene rings is 2. The molecule has 0 bridgehead atoms. The zero-order chi connectivity index (χ0) is 34.7. The molecule has 2 aromatic carbocycles. The minimum atomic E-state index is -1.32. The summed E-state index contributed by atoms with van der Waals surface area (Å²) >= 11 is 0. The number of amides is 3. The second-order valence-electron chi connectivity index (χ2n) is 12.4. The predicted octanol–water partition coefficient (Wildman–Crippen LogP) is 6.04. The van der Waals surface area contributed by atoms with Gasteiger partial charge in [-0.2, -0.15) is 0 Å². The topological polar surface area (TPSA) is 153 Å². The highest BCUT2D eigenvalue weighted by molar-refractivity contribution is 6.00. The average molecular weight is 660 g/mol. The van der Waals surface area contributed by atoms with Crippen molar-refractivity contribution in [2.24, 2.45) is 0 Å². The van der Waals surface area contributed by atoms with Crippen molar-refractivity contribution in [1.29, 1.82) is 0 Å². The number of nitrogen functional groups attached to an aromatic ring is 1. The van der Waals surface area contributed by atoms with Gasteiger partial charge in [-0.05, 0) is 81.5 Å². The second kappa shape index (κ2) is 16.5. The van der Waals surface area contributed by atoms with Crippen LogP contribution in [0.1, 0.15) is 80.5 Å². The minimum Gasteiger partial charge on any atom is -0.444 e. The Morgan fingerprint density at radius 3 is 2.42 bits per heavy atom.